The molecule has 1 heterocycles. The van der Waals surface area contributed by atoms with E-state index in [2.05, 4.69) is 15.6 Å². The Kier molecular flexibility index (Phi) is 5.68. The number of nitrogens with zero attached hydrogens (tertiary/aromatic N) is 1. The standard InChI is InChI=1S/C19H23N3O2/c1-12(2)17(19(24)21-16-10-7-14(4)20-11-16)22-18(23)15-8-5-13(3)6-9-15/h5-12,17H,1-4H3,(H,21,24)(H,22,23). The monoisotopic (exact) mass is 325 g/mol. The molecule has 2 amide bonds. The summed E-state index contributed by atoms with van der Waals surface area (Å²) in [6.07, 6.45) is 1.60. The predicted octanol–water partition coefficient (Wildman–Crippen LogP) is 3.09. The molecular formula is C19H23N3O2. The van der Waals surface area contributed by atoms with E-state index in [0.29, 0.717) is 11.3 Å². The molecule has 1 unspecified atom stereocenters. The molecule has 0 radical (unpaired) electrons. The lowest BCUT2D eigenvalue weighted by Gasteiger charge is -2.21. The molecule has 1 aromatic carbocycles. The molecule has 0 saturated carbocycles. The Morgan fingerprint density at radius 1 is 1.00 bits per heavy atom. The molecule has 5 nitrogen and oxygen atoms in total. The van der Waals surface area contributed by atoms with Gasteiger partial charge in [-0.2, -0.15) is 0 Å². The zero-order valence-electron chi connectivity index (χ0n) is 14.5. The number of hydrogen-bond donors (Lipinski definition) is 2. The number of aryl methyl sites for hydroxylation is 2. The maximum Gasteiger partial charge on any atom is 0.251 e. The van der Waals surface area contributed by atoms with Crippen molar-refractivity contribution in [2.24, 2.45) is 5.92 Å². The van der Waals surface area contributed by atoms with Crippen LogP contribution < -0.4 is 10.6 Å². The van der Waals surface area contributed by atoms with Gasteiger partial charge in [0, 0.05) is 11.3 Å². The first-order valence-electron chi connectivity index (χ1n) is 7.98. The van der Waals surface area contributed by atoms with Crippen LogP contribution in [0.4, 0.5) is 5.69 Å². The van der Waals surface area contributed by atoms with Crippen molar-refractivity contribution in [1.82, 2.24) is 10.3 Å². The van der Waals surface area contributed by atoms with Crippen LogP contribution in [0, 0.1) is 19.8 Å². The van der Waals surface area contributed by atoms with Crippen LogP contribution in [0.5, 0.6) is 0 Å². The minimum Gasteiger partial charge on any atom is -0.340 e. The third-order valence-corrected chi connectivity index (χ3v) is 3.73. The summed E-state index contributed by atoms with van der Waals surface area (Å²) < 4.78 is 0. The highest BCUT2D eigenvalue weighted by atomic mass is 16.2. The first-order chi connectivity index (χ1) is 11.4. The van der Waals surface area contributed by atoms with Gasteiger partial charge in [-0.3, -0.25) is 14.6 Å². The lowest BCUT2D eigenvalue weighted by Crippen LogP contribution is -2.47. The molecule has 0 aliphatic carbocycles. The lowest BCUT2D eigenvalue weighted by molar-refractivity contribution is -0.118. The molecule has 0 saturated heterocycles. The maximum absolute atomic E-state index is 12.5. The molecule has 0 bridgehead atoms. The van der Waals surface area contributed by atoms with Gasteiger partial charge < -0.3 is 10.6 Å². The highest BCUT2D eigenvalue weighted by Gasteiger charge is 2.24. The van der Waals surface area contributed by atoms with Gasteiger partial charge in [0.1, 0.15) is 6.04 Å². The molecule has 5 heteroatoms. The van der Waals surface area contributed by atoms with Crippen LogP contribution in [0.15, 0.2) is 42.6 Å². The molecular weight excluding hydrogens is 302 g/mol. The van der Waals surface area contributed by atoms with E-state index in [1.807, 2.05) is 45.9 Å². The molecule has 24 heavy (non-hydrogen) atoms. The molecule has 2 N–H and O–H groups in total. The minimum absolute atomic E-state index is 0.0437. The van der Waals surface area contributed by atoms with Crippen molar-refractivity contribution in [3.05, 3.63) is 59.4 Å². The number of aromatic nitrogens is 1. The van der Waals surface area contributed by atoms with Crippen molar-refractivity contribution in [1.29, 1.82) is 0 Å². The highest BCUT2D eigenvalue weighted by molar-refractivity contribution is 6.01. The number of amides is 2. The van der Waals surface area contributed by atoms with Crippen molar-refractivity contribution >= 4 is 17.5 Å². The predicted molar refractivity (Wildman–Crippen MR) is 94.9 cm³/mol. The number of anilines is 1. The van der Waals surface area contributed by atoms with E-state index in [-0.39, 0.29) is 17.7 Å². The molecule has 1 atom stereocenters. The van der Waals surface area contributed by atoms with Gasteiger partial charge >= 0.3 is 0 Å². The molecule has 0 spiro atoms. The molecule has 2 aromatic rings. The Morgan fingerprint density at radius 2 is 1.67 bits per heavy atom. The van der Waals surface area contributed by atoms with Gasteiger partial charge in [-0.15, -0.1) is 0 Å². The average Bonchev–Trinajstić information content (AvgIpc) is 2.54. The number of carbonyl (C=O) groups excluding carboxylic acids is 2. The summed E-state index contributed by atoms with van der Waals surface area (Å²) in [6.45, 7) is 7.63. The fourth-order valence-corrected chi connectivity index (χ4v) is 2.23. The summed E-state index contributed by atoms with van der Waals surface area (Å²) >= 11 is 0. The molecule has 0 aliphatic rings. The van der Waals surface area contributed by atoms with Crippen LogP contribution in [0.2, 0.25) is 0 Å². The Labute approximate surface area is 142 Å². The summed E-state index contributed by atoms with van der Waals surface area (Å²) in [7, 11) is 0. The number of pyridine rings is 1. The third kappa shape index (κ3) is 4.65. The van der Waals surface area contributed by atoms with Crippen molar-refractivity contribution in [2.45, 2.75) is 33.7 Å². The number of nitrogens with one attached hydrogen (secondary N) is 2. The van der Waals surface area contributed by atoms with Crippen molar-refractivity contribution in [3.8, 4) is 0 Å². The van der Waals surface area contributed by atoms with Gasteiger partial charge in [0.05, 0.1) is 11.9 Å². The van der Waals surface area contributed by atoms with Gasteiger partial charge in [-0.25, -0.2) is 0 Å². The number of carbonyl (C=O) groups is 2. The topological polar surface area (TPSA) is 71.1 Å². The number of benzene rings is 1. The van der Waals surface area contributed by atoms with Crippen molar-refractivity contribution < 1.29 is 9.59 Å². The van der Waals surface area contributed by atoms with Crippen LogP contribution in [-0.4, -0.2) is 22.8 Å². The van der Waals surface area contributed by atoms with Crippen molar-refractivity contribution in [2.75, 3.05) is 5.32 Å². The van der Waals surface area contributed by atoms with E-state index in [4.69, 9.17) is 0 Å². The normalized spacial score (nSPS) is 11.9. The van der Waals surface area contributed by atoms with Crippen LogP contribution in [0.3, 0.4) is 0 Å². The molecule has 0 aliphatic heterocycles. The van der Waals surface area contributed by atoms with E-state index in [9.17, 15) is 9.59 Å². The van der Waals surface area contributed by atoms with Gasteiger partial charge in [0.25, 0.3) is 5.91 Å². The van der Waals surface area contributed by atoms with E-state index in [1.165, 1.54) is 0 Å². The van der Waals surface area contributed by atoms with Crippen LogP contribution in [0.1, 0.15) is 35.5 Å². The first kappa shape index (κ1) is 17.7. The Bertz CT molecular complexity index is 706. The molecule has 0 fully saturated rings. The third-order valence-electron chi connectivity index (χ3n) is 3.73. The van der Waals surface area contributed by atoms with Crippen molar-refractivity contribution in [3.63, 3.8) is 0 Å². The Hall–Kier alpha value is -2.69. The fraction of sp³-hybridized carbons (Fsp3) is 0.316. The summed E-state index contributed by atoms with van der Waals surface area (Å²) in [5.41, 5.74) is 3.11. The van der Waals surface area contributed by atoms with E-state index in [0.717, 1.165) is 11.3 Å². The second-order valence-electron chi connectivity index (χ2n) is 6.24. The summed E-state index contributed by atoms with van der Waals surface area (Å²) in [5, 5.41) is 5.61. The van der Waals surface area contributed by atoms with E-state index >= 15 is 0 Å². The number of rotatable bonds is 5. The van der Waals surface area contributed by atoms with Crippen LogP contribution in [0.25, 0.3) is 0 Å². The fourth-order valence-electron chi connectivity index (χ4n) is 2.23. The van der Waals surface area contributed by atoms with Gasteiger partial charge in [0.2, 0.25) is 5.91 Å². The maximum atomic E-state index is 12.5. The van der Waals surface area contributed by atoms with Crippen LogP contribution in [-0.2, 0) is 4.79 Å². The SMILES string of the molecule is Cc1ccc(C(=O)NC(C(=O)Nc2ccc(C)nc2)C(C)C)cc1. The summed E-state index contributed by atoms with van der Waals surface area (Å²) in [5.74, 6) is -0.556. The quantitative estimate of drug-likeness (QED) is 0.887. The average molecular weight is 325 g/mol. The second-order valence-corrected chi connectivity index (χ2v) is 6.24. The van der Waals surface area contributed by atoms with Crippen LogP contribution >= 0.6 is 0 Å². The Morgan fingerprint density at radius 3 is 2.21 bits per heavy atom. The second kappa shape index (κ2) is 7.73. The summed E-state index contributed by atoms with van der Waals surface area (Å²) in [6, 6.07) is 10.2. The lowest BCUT2D eigenvalue weighted by atomic mass is 10.0. The molecule has 126 valence electrons. The number of hydrogen-bond acceptors (Lipinski definition) is 3. The minimum atomic E-state index is -0.625. The van der Waals surface area contributed by atoms with Gasteiger partial charge in [0.15, 0.2) is 0 Å². The van der Waals surface area contributed by atoms with Gasteiger partial charge in [-0.05, 0) is 44.0 Å². The first-order valence-corrected chi connectivity index (χ1v) is 7.98. The van der Waals surface area contributed by atoms with Gasteiger partial charge in [-0.1, -0.05) is 31.5 Å². The molecule has 2 rings (SSSR count). The smallest absolute Gasteiger partial charge is 0.251 e. The zero-order valence-corrected chi connectivity index (χ0v) is 14.5. The summed E-state index contributed by atoms with van der Waals surface area (Å²) in [4.78, 5) is 29.0. The zero-order chi connectivity index (χ0) is 17.7. The highest BCUT2D eigenvalue weighted by Crippen LogP contribution is 2.11. The Balaban J connectivity index is 2.07. The molecule has 1 aromatic heterocycles. The van der Waals surface area contributed by atoms with E-state index in [1.54, 1.807) is 24.4 Å². The largest absolute Gasteiger partial charge is 0.340 e. The van der Waals surface area contributed by atoms with E-state index < -0.39 is 6.04 Å².